The van der Waals surface area contributed by atoms with Gasteiger partial charge in [0.2, 0.25) is 0 Å². The molecule has 190 valence electrons. The predicted molar refractivity (Wildman–Crippen MR) is 125 cm³/mol. The minimum Gasteiger partial charge on any atom is -0.390 e. The molecule has 9 heteroatoms. The Morgan fingerprint density at radius 2 is 1.76 bits per heavy atom. The second-order valence-electron chi connectivity index (χ2n) is 10.2. The first-order valence-electron chi connectivity index (χ1n) is 11.3. The van der Waals surface area contributed by atoms with E-state index in [9.17, 15) is 23.1 Å². The molecule has 0 fully saturated rings. The van der Waals surface area contributed by atoms with Crippen LogP contribution in [0.2, 0.25) is 0 Å². The molecule has 2 aromatic rings. The van der Waals surface area contributed by atoms with Gasteiger partial charge in [-0.25, -0.2) is 0 Å². The normalized spacial score (nSPS) is 13.6. The fraction of sp³-hybridized carbons (Fsp3) is 0.600. The average Bonchev–Trinajstić information content (AvgIpc) is 3.01. The molecule has 0 spiro atoms. The smallest absolute Gasteiger partial charge is 0.390 e. The molecule has 34 heavy (non-hydrogen) atoms. The van der Waals surface area contributed by atoms with Crippen LogP contribution < -0.4 is 5.49 Å². The lowest BCUT2D eigenvalue weighted by atomic mass is 9.92. The van der Waals surface area contributed by atoms with E-state index >= 15 is 0 Å². The Morgan fingerprint density at radius 3 is 2.29 bits per heavy atom. The van der Waals surface area contributed by atoms with E-state index in [1.165, 1.54) is 6.07 Å². The molecule has 2 rings (SSSR count). The van der Waals surface area contributed by atoms with Crippen LogP contribution in [-0.2, 0) is 36.3 Å². The number of benzene rings is 1. The summed E-state index contributed by atoms with van der Waals surface area (Å²) in [4.78, 5) is 17.5. The van der Waals surface area contributed by atoms with Gasteiger partial charge in [-0.15, -0.1) is 0 Å². The Morgan fingerprint density at radius 1 is 1.12 bits per heavy atom. The van der Waals surface area contributed by atoms with Crippen LogP contribution in [0.5, 0.6) is 0 Å². The Bertz CT molecular complexity index is 1070. The molecule has 0 aliphatic heterocycles. The van der Waals surface area contributed by atoms with E-state index in [2.05, 4.69) is 4.99 Å². The number of carbonyl (C=O) groups excluding carboxylic acids is 1. The molecule has 0 radical (unpaired) electrons. The molecule has 6 nitrogen and oxygen atoms in total. The molecule has 1 amide bonds. The largest absolute Gasteiger partial charge is 0.416 e. The zero-order valence-electron chi connectivity index (χ0n) is 21.1. The number of nitrogens with zero attached hydrogens (tertiary/aromatic N) is 3. The molecule has 1 aromatic heterocycles. The molecule has 0 saturated carbocycles. The Kier molecular flexibility index (Phi) is 8.58. The Balaban J connectivity index is 2.62. The molecular weight excluding hydrogens is 447 g/mol. The highest BCUT2D eigenvalue weighted by Gasteiger charge is 2.32. The van der Waals surface area contributed by atoms with Crippen molar-refractivity contribution in [3.8, 4) is 0 Å². The van der Waals surface area contributed by atoms with Crippen molar-refractivity contribution < 1.29 is 27.8 Å². The summed E-state index contributed by atoms with van der Waals surface area (Å²) in [6.45, 7) is 10.4. The third-order valence-corrected chi connectivity index (χ3v) is 5.62. The van der Waals surface area contributed by atoms with E-state index in [1.807, 2.05) is 37.2 Å². The van der Waals surface area contributed by atoms with Gasteiger partial charge in [0, 0.05) is 50.0 Å². The van der Waals surface area contributed by atoms with E-state index in [0.29, 0.717) is 30.6 Å². The van der Waals surface area contributed by atoms with Crippen LogP contribution in [0.25, 0.3) is 0 Å². The number of aliphatic hydroxyl groups is 1. The fourth-order valence-corrected chi connectivity index (χ4v) is 3.76. The number of carbonyl (C=O) groups is 1. The van der Waals surface area contributed by atoms with Crippen LogP contribution in [0.3, 0.4) is 0 Å². The predicted octanol–water partition coefficient (Wildman–Crippen LogP) is 4.62. The van der Waals surface area contributed by atoms with Crippen molar-refractivity contribution in [2.24, 2.45) is 12.0 Å². The van der Waals surface area contributed by atoms with E-state index < -0.39 is 23.2 Å². The van der Waals surface area contributed by atoms with Crippen molar-refractivity contribution in [1.29, 1.82) is 0 Å². The average molecular weight is 484 g/mol. The zero-order valence-corrected chi connectivity index (χ0v) is 21.1. The summed E-state index contributed by atoms with van der Waals surface area (Å²) in [5.41, 5.74) is -0.545. The van der Waals surface area contributed by atoms with Crippen molar-refractivity contribution >= 4 is 5.91 Å². The summed E-state index contributed by atoms with van der Waals surface area (Å²) in [7, 11) is 3.48. The summed E-state index contributed by atoms with van der Waals surface area (Å²) >= 11 is 0. The van der Waals surface area contributed by atoms with Crippen molar-refractivity contribution in [1.82, 2.24) is 9.36 Å². The molecule has 1 aromatic carbocycles. The lowest BCUT2D eigenvalue weighted by Crippen LogP contribution is -2.26. The van der Waals surface area contributed by atoms with Crippen molar-refractivity contribution in [3.05, 3.63) is 52.1 Å². The van der Waals surface area contributed by atoms with Gasteiger partial charge in [-0.1, -0.05) is 26.8 Å². The number of aryl methyl sites for hydroxylation is 1. The second kappa shape index (κ2) is 10.5. The Labute approximate surface area is 199 Å². The highest BCUT2D eigenvalue weighted by atomic mass is 19.4. The summed E-state index contributed by atoms with van der Waals surface area (Å²) in [6, 6.07) is 4.92. The molecule has 0 bridgehead atoms. The number of methoxy groups -OCH3 is 1. The minimum absolute atomic E-state index is 0.108. The number of halogens is 3. The molecule has 0 atom stereocenters. The highest BCUT2D eigenvalue weighted by molar-refractivity contribution is 5.96. The first-order valence-corrected chi connectivity index (χ1v) is 11.3. The van der Waals surface area contributed by atoms with Crippen molar-refractivity contribution in [2.75, 3.05) is 13.7 Å². The van der Waals surface area contributed by atoms with E-state index in [1.54, 1.807) is 27.0 Å². The molecule has 0 unspecified atom stereocenters. The van der Waals surface area contributed by atoms with Crippen LogP contribution in [-0.4, -0.2) is 39.7 Å². The number of amides is 1. The fourth-order valence-electron chi connectivity index (χ4n) is 3.76. The van der Waals surface area contributed by atoms with Gasteiger partial charge in [0.25, 0.3) is 5.91 Å². The summed E-state index contributed by atoms with van der Waals surface area (Å²) in [5.74, 6) is -0.747. The summed E-state index contributed by atoms with van der Waals surface area (Å²) in [5, 5.41) is 10.1. The van der Waals surface area contributed by atoms with Gasteiger partial charge in [0.1, 0.15) is 0 Å². The van der Waals surface area contributed by atoms with Crippen LogP contribution in [0.1, 0.15) is 74.6 Å². The standard InChI is InChI=1S/C25H36F3N3O3/c1-23(2,3)20-16-21(31(30(20)6)13-8-14-34-7)29-22(32)19-15-18(25(26,27)28)10-9-17(19)11-12-24(4,5)33/h9-10,15-16,33H,8,11-14H2,1-7H3. The van der Waals surface area contributed by atoms with Gasteiger partial charge in [0.15, 0.2) is 5.49 Å². The maximum Gasteiger partial charge on any atom is 0.416 e. The first kappa shape index (κ1) is 27.9. The van der Waals surface area contributed by atoms with Crippen LogP contribution in [0.4, 0.5) is 13.2 Å². The van der Waals surface area contributed by atoms with Crippen molar-refractivity contribution in [3.63, 3.8) is 0 Å². The monoisotopic (exact) mass is 483 g/mol. The lowest BCUT2D eigenvalue weighted by Gasteiger charge is -2.20. The van der Waals surface area contributed by atoms with Gasteiger partial charge in [-0.05, 0) is 50.8 Å². The van der Waals surface area contributed by atoms with Gasteiger partial charge in [-0.3, -0.25) is 14.2 Å². The third-order valence-electron chi connectivity index (χ3n) is 5.62. The number of hydrogen-bond donors (Lipinski definition) is 1. The molecule has 0 aliphatic rings. The van der Waals surface area contributed by atoms with Crippen LogP contribution in [0.15, 0.2) is 29.3 Å². The maximum atomic E-state index is 13.4. The van der Waals surface area contributed by atoms with Crippen molar-refractivity contribution in [2.45, 2.75) is 77.6 Å². The summed E-state index contributed by atoms with van der Waals surface area (Å²) in [6.07, 6.45) is -3.38. The van der Waals surface area contributed by atoms with Gasteiger partial charge in [0.05, 0.1) is 11.2 Å². The number of alkyl halides is 3. The van der Waals surface area contributed by atoms with E-state index in [4.69, 9.17) is 4.74 Å². The number of ether oxygens (including phenoxy) is 1. The minimum atomic E-state index is -4.59. The SMILES string of the molecule is COCCCn1c(=NC(=O)c2cc(C(F)(F)F)ccc2CCC(C)(C)O)cc(C(C)(C)C)n1C. The quantitative estimate of drug-likeness (QED) is 0.557. The highest BCUT2D eigenvalue weighted by Crippen LogP contribution is 2.31. The van der Waals surface area contributed by atoms with Gasteiger partial charge >= 0.3 is 6.18 Å². The first-order chi connectivity index (χ1) is 15.5. The molecule has 1 N–H and O–H groups in total. The van der Waals surface area contributed by atoms with Gasteiger partial charge < -0.3 is 9.84 Å². The summed E-state index contributed by atoms with van der Waals surface area (Å²) < 4.78 is 49.1. The second-order valence-corrected chi connectivity index (χ2v) is 10.2. The van der Waals surface area contributed by atoms with Crippen LogP contribution >= 0.6 is 0 Å². The lowest BCUT2D eigenvalue weighted by molar-refractivity contribution is -0.137. The topological polar surface area (TPSA) is 68.8 Å². The molecule has 0 saturated heterocycles. The van der Waals surface area contributed by atoms with E-state index in [0.717, 1.165) is 17.8 Å². The number of aromatic nitrogens is 2. The third kappa shape index (κ3) is 7.30. The zero-order chi connectivity index (χ0) is 25.9. The maximum absolute atomic E-state index is 13.4. The van der Waals surface area contributed by atoms with Crippen LogP contribution in [0, 0.1) is 0 Å². The van der Waals surface area contributed by atoms with E-state index in [-0.39, 0.29) is 23.8 Å². The number of hydrogen-bond acceptors (Lipinski definition) is 3. The van der Waals surface area contributed by atoms with Gasteiger partial charge in [-0.2, -0.15) is 18.2 Å². The number of rotatable bonds is 8. The molecular formula is C25H36F3N3O3. The molecule has 1 heterocycles. The Hall–Kier alpha value is -2.39. The molecule has 0 aliphatic carbocycles.